The first-order valence-electron chi connectivity index (χ1n) is 11.0. The molecule has 0 spiro atoms. The highest BCUT2D eigenvalue weighted by Gasteiger charge is 2.59. The number of β-lactam (4-membered cyclic amide) rings is 1. The van der Waals surface area contributed by atoms with E-state index in [4.69, 9.17) is 8.92 Å². The second-order valence-electron chi connectivity index (χ2n) is 8.66. The Morgan fingerprint density at radius 2 is 1.84 bits per heavy atom. The van der Waals surface area contributed by atoms with Gasteiger partial charge in [0.1, 0.15) is 18.0 Å². The van der Waals surface area contributed by atoms with E-state index in [1.54, 1.807) is 24.3 Å². The first-order chi connectivity index (χ1) is 17.5. The molecule has 3 atom stereocenters. The Kier molecular flexibility index (Phi) is 7.52. The number of nitrogens with one attached hydrogen (secondary N) is 1. The molecular formula is C23H23N3O9S2. The van der Waals surface area contributed by atoms with Gasteiger partial charge in [-0.3, -0.25) is 19.7 Å². The van der Waals surface area contributed by atoms with Gasteiger partial charge in [-0.25, -0.2) is 8.98 Å². The van der Waals surface area contributed by atoms with Gasteiger partial charge < -0.3 is 15.0 Å². The van der Waals surface area contributed by atoms with E-state index in [2.05, 4.69) is 5.32 Å². The van der Waals surface area contributed by atoms with E-state index in [0.29, 0.717) is 5.56 Å². The van der Waals surface area contributed by atoms with Gasteiger partial charge in [0.05, 0.1) is 24.1 Å². The molecule has 0 aliphatic carbocycles. The lowest BCUT2D eigenvalue weighted by Gasteiger charge is -2.53. The van der Waals surface area contributed by atoms with Crippen LogP contribution in [0.15, 0.2) is 54.6 Å². The molecule has 0 aromatic heterocycles. The van der Waals surface area contributed by atoms with Crippen LogP contribution in [0.25, 0.3) is 0 Å². The van der Waals surface area contributed by atoms with E-state index in [1.165, 1.54) is 29.2 Å². The van der Waals surface area contributed by atoms with Crippen LogP contribution in [-0.2, 0) is 46.4 Å². The highest BCUT2D eigenvalue weighted by Crippen LogP contribution is 2.41. The van der Waals surface area contributed by atoms with E-state index >= 15 is 0 Å². The van der Waals surface area contributed by atoms with Crippen LogP contribution < -0.4 is 5.32 Å². The summed E-state index contributed by atoms with van der Waals surface area (Å²) in [5, 5.41) is 13.0. The molecule has 2 heterocycles. The number of ether oxygens (including phenoxy) is 1. The number of hydrogen-bond donors (Lipinski definition) is 1. The maximum Gasteiger partial charge on any atom is 0.343 e. The summed E-state index contributed by atoms with van der Waals surface area (Å²) in [6.45, 7) is -0.660. The Balaban J connectivity index is 1.41. The van der Waals surface area contributed by atoms with Crippen molar-refractivity contribution in [3.8, 4) is 0 Å². The fourth-order valence-corrected chi connectivity index (χ4v) is 6.33. The number of carbonyl (C=O) groups excluding carboxylic acids is 3. The van der Waals surface area contributed by atoms with Gasteiger partial charge in [0.25, 0.3) is 15.8 Å². The normalized spacial score (nSPS) is 22.9. The van der Waals surface area contributed by atoms with Crippen molar-refractivity contribution in [2.24, 2.45) is 0 Å². The van der Waals surface area contributed by atoms with Crippen molar-refractivity contribution in [3.05, 3.63) is 75.8 Å². The number of carbonyl (C=O) groups is 3. The molecule has 0 bridgehead atoms. The van der Waals surface area contributed by atoms with Gasteiger partial charge in [0.2, 0.25) is 17.4 Å². The Morgan fingerprint density at radius 3 is 2.46 bits per heavy atom. The van der Waals surface area contributed by atoms with Crippen LogP contribution in [0.2, 0.25) is 0 Å². The van der Waals surface area contributed by atoms with Crippen LogP contribution in [0.3, 0.4) is 0 Å². The van der Waals surface area contributed by atoms with Crippen molar-refractivity contribution < 1.29 is 36.6 Å². The van der Waals surface area contributed by atoms with Crippen molar-refractivity contribution in [2.75, 3.05) is 18.6 Å². The summed E-state index contributed by atoms with van der Waals surface area (Å²) in [7, 11) is -4.12. The number of nitro benzene ring substituents is 1. The summed E-state index contributed by atoms with van der Waals surface area (Å²) in [6, 6.07) is 13.5. The molecule has 2 fully saturated rings. The monoisotopic (exact) mass is 549 g/mol. The van der Waals surface area contributed by atoms with Gasteiger partial charge in [0, 0.05) is 17.9 Å². The van der Waals surface area contributed by atoms with Gasteiger partial charge in [-0.1, -0.05) is 30.3 Å². The number of amides is 2. The number of non-ortho nitro benzene ring substituents is 1. The predicted octanol–water partition coefficient (Wildman–Crippen LogP) is 0.996. The van der Waals surface area contributed by atoms with Crippen LogP contribution >= 0.6 is 11.8 Å². The molecule has 2 saturated heterocycles. The molecule has 0 saturated carbocycles. The summed E-state index contributed by atoms with van der Waals surface area (Å²) < 4.78 is 34.5. The topological polar surface area (TPSA) is 162 Å². The Hall–Kier alpha value is -3.49. The molecule has 2 unspecified atom stereocenters. The van der Waals surface area contributed by atoms with E-state index in [1.807, 2.05) is 6.07 Å². The SMILES string of the molecule is CS(=O)(=O)OC1(C(=O)OCc2ccc([N+](=O)[O-])cc2)CS[C@@H]2C(NC(=O)Cc3ccccc3)C(=O)N2C1. The summed E-state index contributed by atoms with van der Waals surface area (Å²) in [5.41, 5.74) is -0.889. The predicted molar refractivity (Wildman–Crippen MR) is 132 cm³/mol. The first kappa shape index (κ1) is 26.6. The molecule has 0 radical (unpaired) electrons. The van der Waals surface area contributed by atoms with Crippen LogP contribution in [0.1, 0.15) is 11.1 Å². The minimum Gasteiger partial charge on any atom is -0.459 e. The summed E-state index contributed by atoms with van der Waals surface area (Å²) in [6.07, 6.45) is 0.887. The average Bonchev–Trinajstić information content (AvgIpc) is 2.85. The zero-order valence-corrected chi connectivity index (χ0v) is 21.2. The molecule has 2 aromatic rings. The van der Waals surface area contributed by atoms with E-state index in [9.17, 15) is 32.9 Å². The van der Waals surface area contributed by atoms with E-state index < -0.39 is 43.9 Å². The molecule has 37 heavy (non-hydrogen) atoms. The standard InChI is InChI=1S/C23H23N3O9S2/c1-37(32,33)35-23(22(29)34-12-16-7-9-17(10-8-16)26(30)31)13-25-20(28)19(21(25)36-14-23)24-18(27)11-15-5-3-2-4-6-15/h2-10,19,21H,11-14H2,1H3,(H,24,27)/t19?,21-,23?/m1/s1. The number of thioether (sulfide) groups is 1. The number of fused-ring (bicyclic) bond motifs is 1. The Labute approximate surface area is 216 Å². The maximum absolute atomic E-state index is 13.1. The number of benzene rings is 2. The van der Waals surface area contributed by atoms with Crippen LogP contribution in [0.5, 0.6) is 0 Å². The fraction of sp³-hybridized carbons (Fsp3) is 0.348. The lowest BCUT2D eigenvalue weighted by molar-refractivity contribution is -0.384. The lowest BCUT2D eigenvalue weighted by atomic mass is 9.99. The van der Waals surface area contributed by atoms with Crippen molar-refractivity contribution in [2.45, 2.75) is 30.0 Å². The molecule has 12 nitrogen and oxygen atoms in total. The van der Waals surface area contributed by atoms with Crippen molar-refractivity contribution >= 4 is 45.4 Å². The molecule has 196 valence electrons. The maximum atomic E-state index is 13.1. The molecule has 2 aliphatic rings. The van der Waals surface area contributed by atoms with Crippen molar-refractivity contribution in [3.63, 3.8) is 0 Å². The molecule has 14 heteroatoms. The van der Waals surface area contributed by atoms with Gasteiger partial charge in [-0.15, -0.1) is 11.8 Å². The average molecular weight is 550 g/mol. The molecule has 2 aromatic carbocycles. The second-order valence-corrected chi connectivity index (χ2v) is 11.3. The van der Waals surface area contributed by atoms with Gasteiger partial charge in [-0.2, -0.15) is 8.42 Å². The van der Waals surface area contributed by atoms with Crippen molar-refractivity contribution in [1.82, 2.24) is 10.2 Å². The third-order valence-corrected chi connectivity index (χ3v) is 7.90. The van der Waals surface area contributed by atoms with Crippen LogP contribution in [0, 0.1) is 10.1 Å². The number of rotatable bonds is 9. The third kappa shape index (κ3) is 6.09. The number of hydrogen-bond acceptors (Lipinski definition) is 10. The summed E-state index contributed by atoms with van der Waals surface area (Å²) >= 11 is 1.10. The molecular weight excluding hydrogens is 526 g/mol. The molecule has 2 aliphatic heterocycles. The lowest BCUT2D eigenvalue weighted by Crippen LogP contribution is -2.75. The molecule has 2 amide bonds. The van der Waals surface area contributed by atoms with E-state index in [0.717, 1.165) is 23.6 Å². The summed E-state index contributed by atoms with van der Waals surface area (Å²) in [5.74, 6) is -1.94. The summed E-state index contributed by atoms with van der Waals surface area (Å²) in [4.78, 5) is 49.8. The highest BCUT2D eigenvalue weighted by atomic mass is 32.2. The largest absolute Gasteiger partial charge is 0.459 e. The smallest absolute Gasteiger partial charge is 0.343 e. The highest BCUT2D eigenvalue weighted by molar-refractivity contribution is 8.00. The first-order valence-corrected chi connectivity index (χ1v) is 13.9. The molecule has 4 rings (SSSR count). The second kappa shape index (κ2) is 10.5. The Morgan fingerprint density at radius 1 is 1.16 bits per heavy atom. The fourth-order valence-electron chi connectivity index (χ4n) is 4.05. The Bertz CT molecular complexity index is 1320. The number of esters is 1. The minimum absolute atomic E-state index is 0.0953. The van der Waals surface area contributed by atoms with Crippen LogP contribution in [0.4, 0.5) is 5.69 Å². The minimum atomic E-state index is -4.12. The van der Waals surface area contributed by atoms with Crippen LogP contribution in [-0.4, -0.2) is 71.6 Å². The number of nitro groups is 1. The third-order valence-electron chi connectivity index (χ3n) is 5.78. The van der Waals surface area contributed by atoms with Gasteiger partial charge in [0.15, 0.2) is 0 Å². The van der Waals surface area contributed by atoms with E-state index in [-0.39, 0.29) is 36.9 Å². The van der Waals surface area contributed by atoms with Gasteiger partial charge in [-0.05, 0) is 23.3 Å². The quantitative estimate of drug-likeness (QED) is 0.157. The van der Waals surface area contributed by atoms with Gasteiger partial charge >= 0.3 is 5.97 Å². The zero-order chi connectivity index (χ0) is 26.8. The zero-order valence-electron chi connectivity index (χ0n) is 19.6. The molecule has 1 N–H and O–H groups in total. The number of nitrogens with zero attached hydrogens (tertiary/aromatic N) is 2. The van der Waals surface area contributed by atoms with Crippen molar-refractivity contribution in [1.29, 1.82) is 0 Å².